The molecule has 1 aromatic carbocycles. The molecule has 8 nitrogen and oxygen atoms in total. The van der Waals surface area contributed by atoms with Crippen molar-refractivity contribution in [2.75, 3.05) is 18.8 Å². The van der Waals surface area contributed by atoms with Crippen molar-refractivity contribution in [2.45, 2.75) is 25.4 Å². The average Bonchev–Trinajstić information content (AvgIpc) is 3.33. The lowest BCUT2D eigenvalue weighted by atomic mass is 10.0. The van der Waals surface area contributed by atoms with E-state index in [1.807, 2.05) is 6.07 Å². The highest BCUT2D eigenvalue weighted by atomic mass is 16.3. The van der Waals surface area contributed by atoms with Gasteiger partial charge in [-0.2, -0.15) is 0 Å². The third kappa shape index (κ3) is 4.01. The summed E-state index contributed by atoms with van der Waals surface area (Å²) >= 11 is 0. The van der Waals surface area contributed by atoms with Crippen LogP contribution in [-0.2, 0) is 6.54 Å². The van der Waals surface area contributed by atoms with E-state index in [2.05, 4.69) is 49.4 Å². The number of H-pyrrole nitrogens is 1. The number of nitrogen functional groups attached to an aromatic ring is 1. The maximum atomic E-state index is 12.4. The van der Waals surface area contributed by atoms with E-state index in [-0.39, 0.29) is 29.4 Å². The Morgan fingerprint density at radius 3 is 2.78 bits per heavy atom. The summed E-state index contributed by atoms with van der Waals surface area (Å²) in [5.41, 5.74) is 7.76. The zero-order chi connectivity index (χ0) is 18.6. The van der Waals surface area contributed by atoms with Gasteiger partial charge in [0, 0.05) is 25.7 Å². The van der Waals surface area contributed by atoms with Gasteiger partial charge >= 0.3 is 0 Å². The van der Waals surface area contributed by atoms with Crippen molar-refractivity contribution in [1.82, 2.24) is 25.2 Å². The lowest BCUT2D eigenvalue weighted by Crippen LogP contribution is -2.44. The Morgan fingerprint density at radius 1 is 1.30 bits per heavy atom. The van der Waals surface area contributed by atoms with Crippen molar-refractivity contribution < 1.29 is 9.21 Å². The van der Waals surface area contributed by atoms with E-state index in [0.717, 1.165) is 32.5 Å². The van der Waals surface area contributed by atoms with Gasteiger partial charge in [-0.3, -0.25) is 9.69 Å². The van der Waals surface area contributed by atoms with Crippen LogP contribution in [0.25, 0.3) is 11.6 Å². The zero-order valence-electron chi connectivity index (χ0n) is 14.9. The molecule has 0 atom stereocenters. The van der Waals surface area contributed by atoms with Crippen molar-refractivity contribution in [3.8, 4) is 11.6 Å². The van der Waals surface area contributed by atoms with Crippen LogP contribution in [0.3, 0.4) is 0 Å². The minimum atomic E-state index is -0.232. The molecular formula is C19H22N6O2. The molecule has 3 aromatic rings. The minimum absolute atomic E-state index is 0.141. The number of nitrogens with zero attached hydrogens (tertiary/aromatic N) is 3. The number of aromatic amines is 1. The van der Waals surface area contributed by atoms with Crippen LogP contribution in [0.5, 0.6) is 0 Å². The molecule has 0 saturated carbocycles. The van der Waals surface area contributed by atoms with E-state index in [1.165, 1.54) is 18.2 Å². The smallest absolute Gasteiger partial charge is 0.273 e. The highest BCUT2D eigenvalue weighted by molar-refractivity contribution is 5.92. The monoisotopic (exact) mass is 366 g/mol. The number of rotatable bonds is 5. The molecule has 1 saturated heterocycles. The van der Waals surface area contributed by atoms with E-state index < -0.39 is 0 Å². The van der Waals surface area contributed by atoms with Gasteiger partial charge in [-0.25, -0.2) is 9.97 Å². The average molecular weight is 366 g/mol. The number of carbonyl (C=O) groups is 1. The number of imidazole rings is 1. The quantitative estimate of drug-likeness (QED) is 0.637. The van der Waals surface area contributed by atoms with E-state index in [0.29, 0.717) is 5.69 Å². The first-order chi connectivity index (χ1) is 13.2. The van der Waals surface area contributed by atoms with Gasteiger partial charge in [-0.1, -0.05) is 30.3 Å². The molecule has 3 heterocycles. The summed E-state index contributed by atoms with van der Waals surface area (Å²) in [6.45, 7) is 2.85. The van der Waals surface area contributed by atoms with Crippen molar-refractivity contribution in [3.63, 3.8) is 0 Å². The van der Waals surface area contributed by atoms with Crippen LogP contribution in [0.1, 0.15) is 28.9 Å². The number of benzene rings is 1. The Balaban J connectivity index is 1.30. The van der Waals surface area contributed by atoms with Crippen molar-refractivity contribution >= 4 is 11.7 Å². The summed E-state index contributed by atoms with van der Waals surface area (Å²) in [5.74, 6) is 0.312. The van der Waals surface area contributed by atoms with Crippen LogP contribution in [-0.4, -0.2) is 44.9 Å². The largest absolute Gasteiger partial charge is 0.442 e. The van der Waals surface area contributed by atoms with Crippen molar-refractivity contribution in [1.29, 1.82) is 0 Å². The topological polar surface area (TPSA) is 113 Å². The molecule has 1 amide bonds. The van der Waals surface area contributed by atoms with Gasteiger partial charge in [-0.05, 0) is 18.4 Å². The van der Waals surface area contributed by atoms with Crippen LogP contribution in [0.15, 0.2) is 47.3 Å². The Labute approximate surface area is 156 Å². The number of nitrogens with two attached hydrogens (primary N) is 1. The number of nitrogens with one attached hydrogen (secondary N) is 2. The number of aromatic nitrogens is 3. The van der Waals surface area contributed by atoms with Gasteiger partial charge in [0.15, 0.2) is 11.5 Å². The fourth-order valence-corrected chi connectivity index (χ4v) is 3.31. The maximum Gasteiger partial charge on any atom is 0.273 e. The first kappa shape index (κ1) is 17.3. The summed E-state index contributed by atoms with van der Waals surface area (Å²) < 4.78 is 5.35. The Kier molecular flexibility index (Phi) is 4.88. The molecule has 140 valence electrons. The molecule has 1 fully saturated rings. The second-order valence-electron chi connectivity index (χ2n) is 6.71. The molecule has 4 N–H and O–H groups in total. The molecule has 0 unspecified atom stereocenters. The van der Waals surface area contributed by atoms with Gasteiger partial charge < -0.3 is 20.5 Å². The highest BCUT2D eigenvalue weighted by Gasteiger charge is 2.23. The fourth-order valence-electron chi connectivity index (χ4n) is 3.31. The van der Waals surface area contributed by atoms with E-state index >= 15 is 0 Å². The molecule has 8 heteroatoms. The number of amides is 1. The van der Waals surface area contributed by atoms with Crippen molar-refractivity contribution in [3.05, 3.63) is 54.2 Å². The third-order valence-corrected chi connectivity index (χ3v) is 4.79. The van der Waals surface area contributed by atoms with Crippen LogP contribution in [0, 0.1) is 0 Å². The summed E-state index contributed by atoms with van der Waals surface area (Å²) in [6, 6.07) is 10.6. The molecule has 0 spiro atoms. The SMILES string of the molecule is Nc1nc[nH]c1-c1nc(C(=O)NC2CCN(Cc3ccccc3)CC2)co1. The second kappa shape index (κ2) is 7.63. The van der Waals surface area contributed by atoms with E-state index in [1.54, 1.807) is 0 Å². The second-order valence-corrected chi connectivity index (χ2v) is 6.71. The molecule has 1 aliphatic rings. The Morgan fingerprint density at radius 2 is 2.07 bits per heavy atom. The van der Waals surface area contributed by atoms with Crippen LogP contribution >= 0.6 is 0 Å². The van der Waals surface area contributed by atoms with Crippen LogP contribution in [0.4, 0.5) is 5.82 Å². The number of hydrogen-bond acceptors (Lipinski definition) is 6. The van der Waals surface area contributed by atoms with Crippen molar-refractivity contribution in [2.24, 2.45) is 0 Å². The fraction of sp³-hybridized carbons (Fsp3) is 0.316. The molecule has 0 aliphatic carbocycles. The first-order valence-corrected chi connectivity index (χ1v) is 9.01. The number of anilines is 1. The predicted octanol–water partition coefficient (Wildman–Crippen LogP) is 2.04. The summed E-state index contributed by atoms with van der Waals surface area (Å²) in [5, 5.41) is 3.05. The highest BCUT2D eigenvalue weighted by Crippen LogP contribution is 2.21. The number of hydrogen-bond donors (Lipinski definition) is 3. The van der Waals surface area contributed by atoms with Gasteiger partial charge in [0.25, 0.3) is 5.91 Å². The normalized spacial score (nSPS) is 15.7. The molecule has 27 heavy (non-hydrogen) atoms. The molecule has 0 bridgehead atoms. The summed E-state index contributed by atoms with van der Waals surface area (Å²) in [7, 11) is 0. The van der Waals surface area contributed by atoms with E-state index in [4.69, 9.17) is 10.2 Å². The number of oxazole rings is 1. The molecule has 0 radical (unpaired) electrons. The maximum absolute atomic E-state index is 12.4. The van der Waals surface area contributed by atoms with Crippen LogP contribution < -0.4 is 11.1 Å². The first-order valence-electron chi connectivity index (χ1n) is 9.01. The zero-order valence-corrected chi connectivity index (χ0v) is 14.9. The summed E-state index contributed by atoms with van der Waals surface area (Å²) in [6.07, 6.45) is 4.63. The van der Waals surface area contributed by atoms with Gasteiger partial charge in [0.05, 0.1) is 6.33 Å². The Bertz CT molecular complexity index is 896. The number of piperidine rings is 1. The van der Waals surface area contributed by atoms with Gasteiger partial charge in [0.2, 0.25) is 5.89 Å². The van der Waals surface area contributed by atoms with Crippen LogP contribution in [0.2, 0.25) is 0 Å². The van der Waals surface area contributed by atoms with E-state index in [9.17, 15) is 4.79 Å². The molecular weight excluding hydrogens is 344 g/mol. The lowest BCUT2D eigenvalue weighted by molar-refractivity contribution is 0.0904. The number of likely N-dealkylation sites (tertiary alicyclic amines) is 1. The third-order valence-electron chi connectivity index (χ3n) is 4.79. The van der Waals surface area contributed by atoms with Gasteiger partial charge in [0.1, 0.15) is 12.0 Å². The lowest BCUT2D eigenvalue weighted by Gasteiger charge is -2.32. The molecule has 2 aromatic heterocycles. The molecule has 4 rings (SSSR count). The predicted molar refractivity (Wildman–Crippen MR) is 101 cm³/mol. The van der Waals surface area contributed by atoms with Gasteiger partial charge in [-0.15, -0.1) is 0 Å². The standard InChI is InChI=1S/C19H22N6O2/c20-17-16(21-12-22-17)19-24-15(11-27-19)18(26)23-14-6-8-25(9-7-14)10-13-4-2-1-3-5-13/h1-5,11-12,14H,6-10,20H2,(H,21,22)(H,23,26). The minimum Gasteiger partial charge on any atom is -0.442 e. The molecule has 1 aliphatic heterocycles. The summed E-state index contributed by atoms with van der Waals surface area (Å²) in [4.78, 5) is 25.8. The Hall–Kier alpha value is -3.13. The number of carbonyl (C=O) groups excluding carboxylic acids is 1.